The molecule has 1 N–H and O–H groups in total. The molecule has 1 aromatic heterocycles. The van der Waals surface area contributed by atoms with E-state index < -0.39 is 11.9 Å². The zero-order valence-corrected chi connectivity index (χ0v) is 10.2. The number of aryl methyl sites for hydroxylation is 1. The van der Waals surface area contributed by atoms with Gasteiger partial charge in [0.25, 0.3) is 0 Å². The first-order chi connectivity index (χ1) is 8.16. The van der Waals surface area contributed by atoms with E-state index >= 15 is 0 Å². The van der Waals surface area contributed by atoms with Crippen molar-refractivity contribution in [1.29, 1.82) is 0 Å². The van der Waals surface area contributed by atoms with Crippen molar-refractivity contribution in [3.63, 3.8) is 0 Å². The van der Waals surface area contributed by atoms with Crippen LogP contribution in [0, 0.1) is 12.7 Å². The number of hydrogen-bond donors (Lipinski definition) is 1. The molecule has 0 saturated carbocycles. The van der Waals surface area contributed by atoms with E-state index in [9.17, 15) is 9.50 Å². The molecule has 1 heterocycles. The fourth-order valence-corrected chi connectivity index (χ4v) is 2.29. The van der Waals surface area contributed by atoms with Crippen LogP contribution in [0.2, 0.25) is 0 Å². The maximum absolute atomic E-state index is 13.2. The summed E-state index contributed by atoms with van der Waals surface area (Å²) in [6, 6.07) is 9.96. The Morgan fingerprint density at radius 3 is 2.71 bits per heavy atom. The lowest BCUT2D eigenvalue weighted by Gasteiger charge is -2.11. The highest BCUT2D eigenvalue weighted by Gasteiger charge is 2.11. The minimum atomic E-state index is -0.715. The minimum absolute atomic E-state index is 0.0564. The Balaban J connectivity index is 1.97. The molecule has 0 bridgehead atoms. The van der Waals surface area contributed by atoms with E-state index in [1.807, 2.05) is 19.1 Å². The van der Waals surface area contributed by atoms with Gasteiger partial charge >= 0.3 is 0 Å². The van der Waals surface area contributed by atoms with Crippen molar-refractivity contribution in [1.82, 2.24) is 0 Å². The first-order valence-corrected chi connectivity index (χ1v) is 6.10. The monoisotopic (exact) mass is 252 g/mol. The second-order valence-electron chi connectivity index (χ2n) is 3.71. The maximum Gasteiger partial charge on any atom is 0.165 e. The van der Waals surface area contributed by atoms with Crippen LogP contribution in [0.15, 0.2) is 36.4 Å². The van der Waals surface area contributed by atoms with Crippen molar-refractivity contribution >= 4 is 11.3 Å². The molecule has 1 atom stereocenters. The highest BCUT2D eigenvalue weighted by atomic mass is 32.1. The molecule has 2 nitrogen and oxygen atoms in total. The van der Waals surface area contributed by atoms with E-state index in [1.165, 1.54) is 17.4 Å². The number of aliphatic hydroxyl groups is 1. The lowest BCUT2D eigenvalue weighted by atomic mass is 10.3. The number of rotatable bonds is 4. The van der Waals surface area contributed by atoms with Gasteiger partial charge in [-0.3, -0.25) is 0 Å². The second kappa shape index (κ2) is 5.29. The van der Waals surface area contributed by atoms with Crippen molar-refractivity contribution in [2.75, 3.05) is 6.61 Å². The van der Waals surface area contributed by atoms with Gasteiger partial charge in [0.15, 0.2) is 11.6 Å². The van der Waals surface area contributed by atoms with Gasteiger partial charge in [-0.1, -0.05) is 12.1 Å². The van der Waals surface area contributed by atoms with Crippen LogP contribution in [0.1, 0.15) is 15.9 Å². The number of para-hydroxylation sites is 1. The van der Waals surface area contributed by atoms with Crippen LogP contribution in [0.4, 0.5) is 4.39 Å². The van der Waals surface area contributed by atoms with Crippen molar-refractivity contribution in [2.24, 2.45) is 0 Å². The molecule has 0 saturated heterocycles. The molecule has 90 valence electrons. The van der Waals surface area contributed by atoms with E-state index in [-0.39, 0.29) is 12.4 Å². The van der Waals surface area contributed by atoms with E-state index in [0.717, 1.165) is 9.75 Å². The fraction of sp³-hybridized carbons (Fsp3) is 0.231. The van der Waals surface area contributed by atoms with Crippen molar-refractivity contribution in [3.05, 3.63) is 52.0 Å². The molecule has 1 aromatic carbocycles. The molecule has 0 fully saturated rings. The average Bonchev–Trinajstić information content (AvgIpc) is 2.74. The summed E-state index contributed by atoms with van der Waals surface area (Å²) in [5, 5.41) is 9.85. The molecule has 2 rings (SSSR count). The zero-order valence-electron chi connectivity index (χ0n) is 9.39. The molecule has 0 aliphatic heterocycles. The minimum Gasteiger partial charge on any atom is -0.487 e. The predicted molar refractivity (Wildman–Crippen MR) is 65.9 cm³/mol. The summed E-state index contributed by atoms with van der Waals surface area (Å²) in [6.07, 6.45) is -0.715. The Morgan fingerprint density at radius 1 is 1.29 bits per heavy atom. The summed E-state index contributed by atoms with van der Waals surface area (Å²) in [6.45, 7) is 2.03. The van der Waals surface area contributed by atoms with Gasteiger partial charge in [-0.05, 0) is 31.2 Å². The van der Waals surface area contributed by atoms with Crippen LogP contribution in [-0.4, -0.2) is 11.7 Å². The van der Waals surface area contributed by atoms with Gasteiger partial charge in [-0.2, -0.15) is 0 Å². The molecule has 0 amide bonds. The van der Waals surface area contributed by atoms with Crippen LogP contribution in [0.3, 0.4) is 0 Å². The molecular formula is C13H13FO2S. The summed E-state index contributed by atoms with van der Waals surface area (Å²) >= 11 is 1.51. The highest BCUT2D eigenvalue weighted by molar-refractivity contribution is 7.12. The van der Waals surface area contributed by atoms with Gasteiger partial charge in [0.05, 0.1) is 0 Å². The van der Waals surface area contributed by atoms with Gasteiger partial charge in [0, 0.05) is 9.75 Å². The molecule has 17 heavy (non-hydrogen) atoms. The Hall–Kier alpha value is -1.39. The smallest absolute Gasteiger partial charge is 0.165 e. The number of aliphatic hydroxyl groups excluding tert-OH is 1. The molecule has 0 spiro atoms. The van der Waals surface area contributed by atoms with Crippen molar-refractivity contribution < 1.29 is 14.2 Å². The topological polar surface area (TPSA) is 29.5 Å². The first-order valence-electron chi connectivity index (χ1n) is 5.28. The Kier molecular flexibility index (Phi) is 3.76. The number of hydrogen-bond acceptors (Lipinski definition) is 3. The van der Waals surface area contributed by atoms with E-state index in [0.29, 0.717) is 0 Å². The SMILES string of the molecule is Cc1ccc(C(O)COc2ccccc2F)s1. The Morgan fingerprint density at radius 2 is 2.06 bits per heavy atom. The standard InChI is InChI=1S/C13H13FO2S/c1-9-6-7-13(17-9)11(15)8-16-12-5-3-2-4-10(12)14/h2-7,11,15H,8H2,1H3. The van der Waals surface area contributed by atoms with E-state index in [4.69, 9.17) is 4.74 Å². The molecule has 1 unspecified atom stereocenters. The summed E-state index contributed by atoms with van der Waals surface area (Å²) in [5.74, 6) is -0.248. The summed E-state index contributed by atoms with van der Waals surface area (Å²) in [5.41, 5.74) is 0. The predicted octanol–water partition coefficient (Wildman–Crippen LogP) is 3.31. The normalized spacial score (nSPS) is 12.4. The second-order valence-corrected chi connectivity index (χ2v) is 5.03. The van der Waals surface area contributed by atoms with Crippen LogP contribution < -0.4 is 4.74 Å². The number of thiophene rings is 1. The summed E-state index contributed by atoms with van der Waals surface area (Å²) < 4.78 is 18.5. The zero-order chi connectivity index (χ0) is 12.3. The first kappa shape index (κ1) is 12.1. The molecule has 0 aliphatic rings. The molecule has 2 aromatic rings. The molecule has 0 aliphatic carbocycles. The third kappa shape index (κ3) is 3.05. The maximum atomic E-state index is 13.2. The van der Waals surface area contributed by atoms with Gasteiger partial charge in [-0.25, -0.2) is 4.39 Å². The van der Waals surface area contributed by atoms with Crippen LogP contribution in [0.25, 0.3) is 0 Å². The summed E-state index contributed by atoms with van der Waals surface area (Å²) in [4.78, 5) is 1.96. The molecule has 0 radical (unpaired) electrons. The summed E-state index contributed by atoms with van der Waals surface area (Å²) in [7, 11) is 0. The van der Waals surface area contributed by atoms with Crippen molar-refractivity contribution in [2.45, 2.75) is 13.0 Å². The van der Waals surface area contributed by atoms with Gasteiger partial charge in [0.2, 0.25) is 0 Å². The molecule has 4 heteroatoms. The van der Waals surface area contributed by atoms with Crippen LogP contribution in [-0.2, 0) is 0 Å². The van der Waals surface area contributed by atoms with E-state index in [2.05, 4.69) is 0 Å². The highest BCUT2D eigenvalue weighted by Crippen LogP contribution is 2.24. The quantitative estimate of drug-likeness (QED) is 0.904. The third-order valence-electron chi connectivity index (χ3n) is 2.32. The average molecular weight is 252 g/mol. The van der Waals surface area contributed by atoms with Crippen LogP contribution >= 0.6 is 11.3 Å². The number of ether oxygens (including phenoxy) is 1. The van der Waals surface area contributed by atoms with Crippen LogP contribution in [0.5, 0.6) is 5.75 Å². The fourth-order valence-electron chi connectivity index (χ4n) is 1.45. The number of benzene rings is 1. The Labute approximate surface area is 103 Å². The van der Waals surface area contributed by atoms with Gasteiger partial charge < -0.3 is 9.84 Å². The largest absolute Gasteiger partial charge is 0.487 e. The van der Waals surface area contributed by atoms with E-state index in [1.54, 1.807) is 18.2 Å². The van der Waals surface area contributed by atoms with Crippen molar-refractivity contribution in [3.8, 4) is 5.75 Å². The number of halogens is 1. The van der Waals surface area contributed by atoms with Gasteiger partial charge in [0.1, 0.15) is 12.7 Å². The Bertz CT molecular complexity index is 496. The van der Waals surface area contributed by atoms with Gasteiger partial charge in [-0.15, -0.1) is 11.3 Å². The lowest BCUT2D eigenvalue weighted by Crippen LogP contribution is -2.08. The molecular weight excluding hydrogens is 239 g/mol. The lowest BCUT2D eigenvalue weighted by molar-refractivity contribution is 0.108. The third-order valence-corrected chi connectivity index (χ3v) is 3.42.